The molecule has 0 radical (unpaired) electrons. The molecule has 1 spiro atoms. The van der Waals surface area contributed by atoms with Gasteiger partial charge in [-0.2, -0.15) is 0 Å². The van der Waals surface area contributed by atoms with Gasteiger partial charge in [0.25, 0.3) is 0 Å². The smallest absolute Gasteiger partial charge is 0.137 e. The number of benzene rings is 10. The van der Waals surface area contributed by atoms with Crippen LogP contribution in [0, 0.1) is 0 Å². The van der Waals surface area contributed by atoms with Crippen LogP contribution in [0.2, 0.25) is 0 Å². The Morgan fingerprint density at radius 3 is 1.42 bits per heavy atom. The molecular formula is C64H43NO. The first kappa shape index (κ1) is 37.2. The molecule has 0 amide bonds. The van der Waals surface area contributed by atoms with Crippen molar-refractivity contribution in [3.8, 4) is 55.6 Å². The third kappa shape index (κ3) is 5.01. The number of hydrogen-bond donors (Lipinski definition) is 0. The topological polar surface area (TPSA) is 16.4 Å². The summed E-state index contributed by atoms with van der Waals surface area (Å²) in [5.74, 6) is 0. The van der Waals surface area contributed by atoms with E-state index in [0.717, 1.165) is 39.0 Å². The van der Waals surface area contributed by atoms with Crippen LogP contribution in [0.3, 0.4) is 0 Å². The third-order valence-electron chi connectivity index (χ3n) is 15.1. The highest BCUT2D eigenvalue weighted by atomic mass is 16.3. The molecule has 0 atom stereocenters. The predicted molar refractivity (Wildman–Crippen MR) is 273 cm³/mol. The van der Waals surface area contributed by atoms with Gasteiger partial charge in [-0.05, 0) is 138 Å². The Morgan fingerprint density at radius 2 is 0.758 bits per heavy atom. The highest BCUT2D eigenvalue weighted by Crippen LogP contribution is 2.62. The van der Waals surface area contributed by atoms with E-state index < -0.39 is 5.41 Å². The summed E-state index contributed by atoms with van der Waals surface area (Å²) in [6.45, 7) is 4.70. The van der Waals surface area contributed by atoms with Crippen LogP contribution in [-0.2, 0) is 10.8 Å². The Labute approximate surface area is 384 Å². The standard InChI is InChI=1S/C64H43NO/c1-63(2)55-22-10-5-19-49(55)51-34-32-43(38-60(51)63)65(44-33-35-53-52-21-9-14-26-61(52)66-62(53)39-44)42-30-27-40(28-31-42)41-29-36-59-54(37-41)50-20-8-13-25-58(50)64(59)56-23-11-6-17-47(56)45-15-3-4-16-46(45)48-18-7-12-24-57(48)64/h3-39H,1-2H3. The molecule has 0 saturated heterocycles. The number of fused-ring (bicyclic) bond motifs is 18. The lowest BCUT2D eigenvalue weighted by Gasteiger charge is -2.35. The first-order valence-corrected chi connectivity index (χ1v) is 23.1. The fourth-order valence-corrected chi connectivity index (χ4v) is 12.2. The summed E-state index contributed by atoms with van der Waals surface area (Å²) in [7, 11) is 0. The second-order valence-electron chi connectivity index (χ2n) is 18.8. The monoisotopic (exact) mass is 841 g/mol. The maximum Gasteiger partial charge on any atom is 0.137 e. The van der Waals surface area contributed by atoms with Gasteiger partial charge in [0.1, 0.15) is 11.2 Å². The molecule has 2 heteroatoms. The Hall–Kier alpha value is -8.20. The molecule has 0 aliphatic heterocycles. The van der Waals surface area contributed by atoms with Crippen molar-refractivity contribution in [2.45, 2.75) is 24.7 Å². The van der Waals surface area contributed by atoms with Crippen molar-refractivity contribution in [3.05, 3.63) is 258 Å². The van der Waals surface area contributed by atoms with Crippen molar-refractivity contribution < 1.29 is 4.42 Å². The summed E-state index contributed by atoms with van der Waals surface area (Å²) in [6, 6.07) is 83.4. The van der Waals surface area contributed by atoms with Crippen LogP contribution < -0.4 is 4.90 Å². The summed E-state index contributed by atoms with van der Waals surface area (Å²) in [6.07, 6.45) is 0. The van der Waals surface area contributed by atoms with E-state index in [1.165, 1.54) is 89.0 Å². The average Bonchev–Trinajstić information content (AvgIpc) is 3.94. The van der Waals surface area contributed by atoms with E-state index in [9.17, 15) is 0 Å². The van der Waals surface area contributed by atoms with Gasteiger partial charge in [0.2, 0.25) is 0 Å². The average molecular weight is 842 g/mol. The SMILES string of the molecule is CC1(C)c2ccccc2-c2ccc(N(c3ccc(-c4ccc5c(c4)-c4ccccc4C54c5ccccc5-c5ccccc5-c5ccccc54)cc3)c3ccc4c(c3)oc3ccccc34)cc21. The van der Waals surface area contributed by atoms with Gasteiger partial charge >= 0.3 is 0 Å². The molecule has 0 unspecified atom stereocenters. The molecular weight excluding hydrogens is 799 g/mol. The van der Waals surface area contributed by atoms with Crippen LogP contribution >= 0.6 is 0 Å². The van der Waals surface area contributed by atoms with Gasteiger partial charge in [0.15, 0.2) is 0 Å². The van der Waals surface area contributed by atoms with E-state index in [1.54, 1.807) is 0 Å². The fourth-order valence-electron chi connectivity index (χ4n) is 12.2. The summed E-state index contributed by atoms with van der Waals surface area (Å²) < 4.78 is 6.48. The minimum Gasteiger partial charge on any atom is -0.456 e. The molecule has 310 valence electrons. The number of furan rings is 1. The Balaban J connectivity index is 0.918. The third-order valence-corrected chi connectivity index (χ3v) is 15.1. The predicted octanol–water partition coefficient (Wildman–Crippen LogP) is 17.0. The quantitative estimate of drug-likeness (QED) is 0.176. The Morgan fingerprint density at radius 1 is 0.303 bits per heavy atom. The van der Waals surface area contributed by atoms with Gasteiger partial charge < -0.3 is 9.32 Å². The highest BCUT2D eigenvalue weighted by molar-refractivity contribution is 6.06. The van der Waals surface area contributed by atoms with Crippen LogP contribution in [0.4, 0.5) is 17.1 Å². The molecule has 3 aliphatic carbocycles. The highest BCUT2D eigenvalue weighted by Gasteiger charge is 2.49. The fraction of sp³-hybridized carbons (Fsp3) is 0.0625. The second kappa shape index (κ2) is 13.7. The molecule has 11 aromatic rings. The zero-order valence-corrected chi connectivity index (χ0v) is 36.7. The van der Waals surface area contributed by atoms with E-state index >= 15 is 0 Å². The second-order valence-corrected chi connectivity index (χ2v) is 18.8. The molecule has 0 bridgehead atoms. The molecule has 3 aliphatic rings. The number of rotatable bonds is 4. The van der Waals surface area contributed by atoms with Crippen molar-refractivity contribution in [2.24, 2.45) is 0 Å². The van der Waals surface area contributed by atoms with Crippen molar-refractivity contribution in [1.29, 1.82) is 0 Å². The lowest BCUT2D eigenvalue weighted by Crippen LogP contribution is -2.29. The van der Waals surface area contributed by atoms with Gasteiger partial charge in [-0.1, -0.05) is 184 Å². The molecule has 66 heavy (non-hydrogen) atoms. The minimum absolute atomic E-state index is 0.129. The molecule has 0 N–H and O–H groups in total. The first-order valence-electron chi connectivity index (χ1n) is 23.1. The lowest BCUT2D eigenvalue weighted by atomic mass is 9.66. The van der Waals surface area contributed by atoms with E-state index in [-0.39, 0.29) is 5.41 Å². The summed E-state index contributed by atoms with van der Waals surface area (Å²) in [5, 5.41) is 2.25. The van der Waals surface area contributed by atoms with Crippen molar-refractivity contribution in [3.63, 3.8) is 0 Å². The number of nitrogens with zero attached hydrogens (tertiary/aromatic N) is 1. The maximum absolute atomic E-state index is 6.48. The lowest BCUT2D eigenvalue weighted by molar-refractivity contribution is 0.660. The van der Waals surface area contributed by atoms with Gasteiger partial charge in [0.05, 0.1) is 5.41 Å². The van der Waals surface area contributed by atoms with Gasteiger partial charge in [0, 0.05) is 39.3 Å². The summed E-state index contributed by atoms with van der Waals surface area (Å²) in [4.78, 5) is 2.39. The zero-order valence-electron chi connectivity index (χ0n) is 36.7. The molecule has 10 aromatic carbocycles. The van der Waals surface area contributed by atoms with E-state index in [2.05, 4.69) is 237 Å². The van der Waals surface area contributed by atoms with Crippen molar-refractivity contribution in [1.82, 2.24) is 0 Å². The molecule has 14 rings (SSSR count). The summed E-state index contributed by atoms with van der Waals surface area (Å²) in [5.41, 5.74) is 25.1. The van der Waals surface area contributed by atoms with Gasteiger partial charge in [-0.3, -0.25) is 0 Å². The van der Waals surface area contributed by atoms with Crippen LogP contribution in [-0.4, -0.2) is 0 Å². The van der Waals surface area contributed by atoms with E-state index in [4.69, 9.17) is 4.42 Å². The Kier molecular flexibility index (Phi) is 7.70. The van der Waals surface area contributed by atoms with Gasteiger partial charge in [-0.15, -0.1) is 0 Å². The van der Waals surface area contributed by atoms with E-state index in [0.29, 0.717) is 0 Å². The number of para-hydroxylation sites is 1. The summed E-state index contributed by atoms with van der Waals surface area (Å²) >= 11 is 0. The van der Waals surface area contributed by atoms with Crippen LogP contribution in [0.1, 0.15) is 47.2 Å². The molecule has 0 fully saturated rings. The van der Waals surface area contributed by atoms with Crippen molar-refractivity contribution >= 4 is 39.0 Å². The zero-order chi connectivity index (χ0) is 43.7. The van der Waals surface area contributed by atoms with Crippen LogP contribution in [0.5, 0.6) is 0 Å². The normalized spacial score (nSPS) is 14.2. The molecule has 2 nitrogen and oxygen atoms in total. The maximum atomic E-state index is 6.48. The van der Waals surface area contributed by atoms with Crippen LogP contribution in [0.25, 0.3) is 77.6 Å². The first-order chi connectivity index (χ1) is 32.5. The largest absolute Gasteiger partial charge is 0.456 e. The molecule has 1 heterocycles. The minimum atomic E-state index is -0.492. The van der Waals surface area contributed by atoms with Crippen LogP contribution in [0.15, 0.2) is 229 Å². The van der Waals surface area contributed by atoms with Gasteiger partial charge in [-0.25, -0.2) is 0 Å². The molecule has 0 saturated carbocycles. The van der Waals surface area contributed by atoms with E-state index in [1.807, 2.05) is 6.07 Å². The number of anilines is 3. The molecule has 1 aromatic heterocycles. The van der Waals surface area contributed by atoms with Crippen molar-refractivity contribution in [2.75, 3.05) is 4.90 Å². The number of hydrogen-bond acceptors (Lipinski definition) is 2. The Bertz CT molecular complexity index is 3740.